The highest BCUT2D eigenvalue weighted by Gasteiger charge is 2.26. The topological polar surface area (TPSA) is 141 Å². The van der Waals surface area contributed by atoms with Gasteiger partial charge in [-0.1, -0.05) is 0 Å². The molecule has 0 atom stereocenters. The molecule has 0 saturated heterocycles. The molecule has 88 valence electrons. The largest absolute Gasteiger partial charge is 0.744 e. The number of phenolic OH excluding ortho intramolecular Hbond substituents is 2. The maximum atomic E-state index is 10.7. The number of nitro benzene ring substituents is 1. The van der Waals surface area contributed by atoms with Crippen LogP contribution in [0.2, 0.25) is 0 Å². The molecule has 0 fully saturated rings. The van der Waals surface area contributed by atoms with E-state index in [2.05, 4.69) is 0 Å². The predicted octanol–water partition coefficient (Wildman–Crippen LogP) is 0.219. The molecule has 1 aromatic carbocycles. The zero-order chi connectivity index (χ0) is 12.7. The average Bonchev–Trinajstić information content (AvgIpc) is 2.08. The molecule has 8 nitrogen and oxygen atoms in total. The Morgan fingerprint density at radius 2 is 1.81 bits per heavy atom. The summed E-state index contributed by atoms with van der Waals surface area (Å²) in [4.78, 5) is 8.00. The summed E-state index contributed by atoms with van der Waals surface area (Å²) in [6, 6.07) is 0.763. The number of phenols is 2. The fourth-order valence-electron chi connectivity index (χ4n) is 1.13. The lowest BCUT2D eigenvalue weighted by Crippen LogP contribution is -2.03. The lowest BCUT2D eigenvalue weighted by atomic mass is 10.2. The van der Waals surface area contributed by atoms with Crippen LogP contribution in [0.5, 0.6) is 11.5 Å². The molecule has 0 aliphatic rings. The summed E-state index contributed by atoms with van der Waals surface area (Å²) >= 11 is 0. The van der Waals surface area contributed by atoms with Crippen LogP contribution in [0.25, 0.3) is 0 Å². The molecule has 1 rings (SSSR count). The molecule has 0 bridgehead atoms. The minimum Gasteiger partial charge on any atom is -0.744 e. The van der Waals surface area contributed by atoms with E-state index in [1.165, 1.54) is 0 Å². The van der Waals surface area contributed by atoms with E-state index in [4.69, 9.17) is 0 Å². The fourth-order valence-corrected chi connectivity index (χ4v) is 1.86. The Bertz CT molecular complexity index is 563. The quantitative estimate of drug-likeness (QED) is 0.433. The number of hydrogen-bond donors (Lipinski definition) is 2. The van der Waals surface area contributed by atoms with Crippen molar-refractivity contribution in [2.24, 2.45) is 0 Å². The maximum absolute atomic E-state index is 10.7. The van der Waals surface area contributed by atoms with E-state index in [1.807, 2.05) is 0 Å². The van der Waals surface area contributed by atoms with E-state index in [0.717, 1.165) is 13.0 Å². The highest BCUT2D eigenvalue weighted by Crippen LogP contribution is 2.41. The first kappa shape index (κ1) is 12.2. The van der Waals surface area contributed by atoms with Crippen molar-refractivity contribution in [3.05, 3.63) is 21.7 Å². The molecule has 0 unspecified atom stereocenters. The molecular weight excluding hydrogens is 242 g/mol. The van der Waals surface area contributed by atoms with E-state index in [9.17, 15) is 33.3 Å². The highest BCUT2D eigenvalue weighted by atomic mass is 32.2. The van der Waals surface area contributed by atoms with E-state index in [1.54, 1.807) is 0 Å². The van der Waals surface area contributed by atoms with Crippen molar-refractivity contribution in [1.29, 1.82) is 0 Å². The molecule has 0 saturated carbocycles. The van der Waals surface area contributed by atoms with Crippen LogP contribution in [0, 0.1) is 17.0 Å². The van der Waals surface area contributed by atoms with Gasteiger partial charge in [-0.15, -0.1) is 0 Å². The van der Waals surface area contributed by atoms with Gasteiger partial charge in [0.25, 0.3) is 0 Å². The number of rotatable bonds is 2. The SMILES string of the molecule is Cc1cc([N+](=O)[O-])c(O)c(S(=O)(=O)[O-])c1O. The molecule has 0 heterocycles. The van der Waals surface area contributed by atoms with Crippen LogP contribution in [0.4, 0.5) is 5.69 Å². The highest BCUT2D eigenvalue weighted by molar-refractivity contribution is 7.86. The molecule has 16 heavy (non-hydrogen) atoms. The molecular formula is C7H6NO7S-. The monoisotopic (exact) mass is 248 g/mol. The van der Waals surface area contributed by atoms with Crippen molar-refractivity contribution < 1.29 is 28.1 Å². The Balaban J connectivity index is 3.80. The summed E-state index contributed by atoms with van der Waals surface area (Å²) in [5.74, 6) is -2.35. The van der Waals surface area contributed by atoms with Crippen molar-refractivity contribution in [3.8, 4) is 11.5 Å². The molecule has 9 heteroatoms. The van der Waals surface area contributed by atoms with E-state index < -0.39 is 37.1 Å². The summed E-state index contributed by atoms with van der Waals surface area (Å²) in [5.41, 5.74) is -1.15. The second-order valence-electron chi connectivity index (χ2n) is 2.95. The first-order valence-corrected chi connectivity index (χ1v) is 5.23. The van der Waals surface area contributed by atoms with Gasteiger partial charge in [0.15, 0.2) is 0 Å². The van der Waals surface area contributed by atoms with Crippen molar-refractivity contribution in [3.63, 3.8) is 0 Å². The van der Waals surface area contributed by atoms with Crippen molar-refractivity contribution in [2.45, 2.75) is 11.8 Å². The number of nitro groups is 1. The first-order chi connectivity index (χ1) is 7.16. The van der Waals surface area contributed by atoms with Crippen LogP contribution >= 0.6 is 0 Å². The molecule has 0 amide bonds. The molecule has 0 spiro atoms. The zero-order valence-electron chi connectivity index (χ0n) is 7.87. The van der Waals surface area contributed by atoms with E-state index in [-0.39, 0.29) is 5.56 Å². The Hall–Kier alpha value is -1.87. The summed E-state index contributed by atoms with van der Waals surface area (Å²) in [5, 5.41) is 28.9. The van der Waals surface area contributed by atoms with Crippen molar-refractivity contribution >= 4 is 15.8 Å². The Labute approximate surface area is 89.7 Å². The third-order valence-corrected chi connectivity index (χ3v) is 2.73. The van der Waals surface area contributed by atoms with Gasteiger partial charge in [0.2, 0.25) is 5.75 Å². The minimum absolute atomic E-state index is 0.195. The molecule has 0 aliphatic heterocycles. The predicted molar refractivity (Wildman–Crippen MR) is 49.1 cm³/mol. The minimum atomic E-state index is -5.20. The standard InChI is InChI=1S/C7H7NO7S/c1-3-2-4(8(11)12)6(10)7(5(3)9)16(13,14)15/h2,9-10H,1H3,(H,13,14,15)/p-1. The number of aromatic hydroxyl groups is 2. The summed E-state index contributed by atoms with van der Waals surface area (Å²) in [7, 11) is -5.20. The van der Waals surface area contributed by atoms with Gasteiger partial charge in [-0.3, -0.25) is 10.1 Å². The molecule has 2 N–H and O–H groups in total. The molecule has 0 aliphatic carbocycles. The number of hydrogen-bond acceptors (Lipinski definition) is 7. The number of aryl methyl sites for hydroxylation is 1. The van der Waals surface area contributed by atoms with Gasteiger partial charge < -0.3 is 14.8 Å². The molecule has 1 aromatic rings. The second kappa shape index (κ2) is 3.61. The van der Waals surface area contributed by atoms with Gasteiger partial charge in [-0.05, 0) is 12.5 Å². The number of nitrogens with zero attached hydrogens (tertiary/aromatic N) is 1. The summed E-state index contributed by atoms with van der Waals surface area (Å²) < 4.78 is 32.1. The average molecular weight is 248 g/mol. The summed E-state index contributed by atoms with van der Waals surface area (Å²) in [6.07, 6.45) is 0. The van der Waals surface area contributed by atoms with Gasteiger partial charge in [0.05, 0.1) is 4.92 Å². The third kappa shape index (κ3) is 1.90. The molecule has 0 radical (unpaired) electrons. The van der Waals surface area contributed by atoms with Crippen molar-refractivity contribution in [1.82, 2.24) is 0 Å². The Morgan fingerprint density at radius 3 is 2.19 bits per heavy atom. The molecule has 0 aromatic heterocycles. The Kier molecular flexibility index (Phi) is 2.75. The van der Waals surface area contributed by atoms with E-state index in [0.29, 0.717) is 0 Å². The lowest BCUT2D eigenvalue weighted by molar-refractivity contribution is -0.386. The van der Waals surface area contributed by atoms with Crippen LogP contribution in [0.3, 0.4) is 0 Å². The van der Waals surface area contributed by atoms with Gasteiger partial charge in [0, 0.05) is 6.07 Å². The van der Waals surface area contributed by atoms with Gasteiger partial charge in [0.1, 0.15) is 20.8 Å². The van der Waals surface area contributed by atoms with E-state index >= 15 is 0 Å². The van der Waals surface area contributed by atoms with Gasteiger partial charge in [-0.2, -0.15) is 0 Å². The van der Waals surface area contributed by atoms with Crippen LogP contribution in [-0.4, -0.2) is 28.1 Å². The normalized spacial score (nSPS) is 11.4. The number of benzene rings is 1. The van der Waals surface area contributed by atoms with Crippen LogP contribution in [0.1, 0.15) is 5.56 Å². The van der Waals surface area contributed by atoms with Crippen LogP contribution in [-0.2, 0) is 10.1 Å². The Morgan fingerprint density at radius 1 is 1.31 bits per heavy atom. The summed E-state index contributed by atoms with van der Waals surface area (Å²) in [6.45, 7) is 1.16. The van der Waals surface area contributed by atoms with Crippen molar-refractivity contribution in [2.75, 3.05) is 0 Å². The zero-order valence-corrected chi connectivity index (χ0v) is 8.68. The van der Waals surface area contributed by atoms with Crippen LogP contribution < -0.4 is 0 Å². The first-order valence-electron chi connectivity index (χ1n) is 3.82. The maximum Gasteiger partial charge on any atom is 0.312 e. The van der Waals surface area contributed by atoms with Gasteiger partial charge >= 0.3 is 5.69 Å². The van der Waals surface area contributed by atoms with Crippen LogP contribution in [0.15, 0.2) is 11.0 Å². The fraction of sp³-hybridized carbons (Fsp3) is 0.143. The third-order valence-electron chi connectivity index (χ3n) is 1.85. The van der Waals surface area contributed by atoms with Gasteiger partial charge in [-0.25, -0.2) is 8.42 Å². The lowest BCUT2D eigenvalue weighted by Gasteiger charge is -2.12. The smallest absolute Gasteiger partial charge is 0.312 e. The second-order valence-corrected chi connectivity index (χ2v) is 4.27.